The Morgan fingerprint density at radius 3 is 2.79 bits per heavy atom. The second-order valence-corrected chi connectivity index (χ2v) is 5.79. The topological polar surface area (TPSA) is 30.5 Å². The Morgan fingerprint density at radius 2 is 2.00 bits per heavy atom. The average molecular weight is 282 g/mol. The molecule has 1 aliphatic heterocycles. The first kappa shape index (κ1) is 13.1. The van der Waals surface area contributed by atoms with Gasteiger partial charge in [0.05, 0.1) is 18.2 Å². The van der Waals surface area contributed by atoms with E-state index in [4.69, 9.17) is 21.1 Å². The molecule has 1 saturated carbocycles. The Balaban J connectivity index is 1.64. The van der Waals surface area contributed by atoms with Crippen LogP contribution in [0, 0.1) is 5.92 Å². The second-order valence-electron chi connectivity index (χ2n) is 5.38. The van der Waals surface area contributed by atoms with E-state index in [0.717, 1.165) is 36.7 Å². The van der Waals surface area contributed by atoms with Crippen LogP contribution >= 0.6 is 11.6 Å². The number of rotatable bonds is 4. The van der Waals surface area contributed by atoms with Crippen LogP contribution in [0.5, 0.6) is 11.5 Å². The van der Waals surface area contributed by atoms with Crippen molar-refractivity contribution in [3.8, 4) is 11.5 Å². The molecule has 19 heavy (non-hydrogen) atoms. The molecule has 1 fully saturated rings. The van der Waals surface area contributed by atoms with Gasteiger partial charge in [0.25, 0.3) is 0 Å². The molecule has 1 N–H and O–H groups in total. The van der Waals surface area contributed by atoms with Crippen LogP contribution in [-0.4, -0.2) is 19.8 Å². The van der Waals surface area contributed by atoms with Crippen LogP contribution < -0.4 is 14.8 Å². The molecule has 0 bridgehead atoms. The van der Waals surface area contributed by atoms with E-state index in [1.807, 2.05) is 12.1 Å². The van der Waals surface area contributed by atoms with Crippen LogP contribution in [0.3, 0.4) is 0 Å². The number of hydrogen-bond donors (Lipinski definition) is 1. The first-order chi connectivity index (χ1) is 9.33. The predicted octanol–water partition coefficient (Wildman–Crippen LogP) is 3.39. The van der Waals surface area contributed by atoms with Gasteiger partial charge < -0.3 is 14.8 Å². The SMILES string of the molecule is Clc1cc(CNCC2CCC2)cc2c1OCCCO2. The maximum atomic E-state index is 6.27. The zero-order valence-electron chi connectivity index (χ0n) is 11.1. The molecule has 1 aromatic carbocycles. The summed E-state index contributed by atoms with van der Waals surface area (Å²) in [5, 5.41) is 4.15. The monoisotopic (exact) mass is 281 g/mol. The summed E-state index contributed by atoms with van der Waals surface area (Å²) in [4.78, 5) is 0. The van der Waals surface area contributed by atoms with Gasteiger partial charge in [-0.05, 0) is 43.0 Å². The number of ether oxygens (including phenoxy) is 2. The van der Waals surface area contributed by atoms with Gasteiger partial charge in [0, 0.05) is 13.0 Å². The molecule has 3 nitrogen and oxygen atoms in total. The third kappa shape index (κ3) is 3.15. The number of benzene rings is 1. The smallest absolute Gasteiger partial charge is 0.179 e. The van der Waals surface area contributed by atoms with E-state index >= 15 is 0 Å². The maximum absolute atomic E-state index is 6.27. The lowest BCUT2D eigenvalue weighted by Crippen LogP contribution is -2.26. The van der Waals surface area contributed by atoms with Crippen LogP contribution in [0.25, 0.3) is 0 Å². The first-order valence-corrected chi connectivity index (χ1v) is 7.49. The van der Waals surface area contributed by atoms with Crippen LogP contribution in [0.2, 0.25) is 5.02 Å². The molecule has 1 aromatic rings. The normalized spacial score (nSPS) is 18.8. The van der Waals surface area contributed by atoms with Gasteiger partial charge >= 0.3 is 0 Å². The minimum absolute atomic E-state index is 0.653. The zero-order valence-corrected chi connectivity index (χ0v) is 11.8. The fourth-order valence-corrected chi connectivity index (χ4v) is 2.79. The van der Waals surface area contributed by atoms with Crippen molar-refractivity contribution in [2.75, 3.05) is 19.8 Å². The Hall–Kier alpha value is -0.930. The molecule has 0 saturated heterocycles. The molecule has 0 aromatic heterocycles. The summed E-state index contributed by atoms with van der Waals surface area (Å²) >= 11 is 6.27. The highest BCUT2D eigenvalue weighted by molar-refractivity contribution is 6.32. The van der Waals surface area contributed by atoms with Crippen LogP contribution in [0.4, 0.5) is 0 Å². The van der Waals surface area contributed by atoms with Gasteiger partial charge in [-0.15, -0.1) is 0 Å². The number of halogens is 1. The Kier molecular flexibility index (Phi) is 4.14. The van der Waals surface area contributed by atoms with E-state index < -0.39 is 0 Å². The summed E-state index contributed by atoms with van der Waals surface area (Å²) in [5.74, 6) is 2.35. The molecule has 0 spiro atoms. The number of fused-ring (bicyclic) bond motifs is 1. The van der Waals surface area contributed by atoms with E-state index in [0.29, 0.717) is 24.0 Å². The van der Waals surface area contributed by atoms with Crippen molar-refractivity contribution >= 4 is 11.6 Å². The van der Waals surface area contributed by atoms with Crippen molar-refractivity contribution < 1.29 is 9.47 Å². The summed E-state index contributed by atoms with van der Waals surface area (Å²) in [7, 11) is 0. The van der Waals surface area contributed by atoms with Crippen LogP contribution in [0.1, 0.15) is 31.2 Å². The van der Waals surface area contributed by atoms with Gasteiger partial charge in [-0.1, -0.05) is 18.0 Å². The largest absolute Gasteiger partial charge is 0.489 e. The van der Waals surface area contributed by atoms with Crippen molar-refractivity contribution in [3.05, 3.63) is 22.7 Å². The van der Waals surface area contributed by atoms with Gasteiger partial charge in [-0.2, -0.15) is 0 Å². The van der Waals surface area contributed by atoms with Crippen LogP contribution in [0.15, 0.2) is 12.1 Å². The van der Waals surface area contributed by atoms with E-state index in [1.54, 1.807) is 0 Å². The number of nitrogens with one attached hydrogen (secondary N) is 1. The van der Waals surface area contributed by atoms with Crippen LogP contribution in [-0.2, 0) is 6.54 Å². The molecule has 0 amide bonds. The highest BCUT2D eigenvalue weighted by Gasteiger charge is 2.18. The van der Waals surface area contributed by atoms with Gasteiger partial charge in [0.1, 0.15) is 0 Å². The number of hydrogen-bond acceptors (Lipinski definition) is 3. The molecule has 0 radical (unpaired) electrons. The van der Waals surface area contributed by atoms with E-state index in [-0.39, 0.29) is 0 Å². The summed E-state index contributed by atoms with van der Waals surface area (Å²) in [6.45, 7) is 3.31. The predicted molar refractivity (Wildman–Crippen MR) is 76.1 cm³/mol. The van der Waals surface area contributed by atoms with Crippen molar-refractivity contribution in [1.82, 2.24) is 5.32 Å². The Labute approximate surface area is 119 Å². The minimum atomic E-state index is 0.653. The Morgan fingerprint density at radius 1 is 1.16 bits per heavy atom. The lowest BCUT2D eigenvalue weighted by Gasteiger charge is -2.25. The highest BCUT2D eigenvalue weighted by Crippen LogP contribution is 2.38. The van der Waals surface area contributed by atoms with Gasteiger partial charge in [-0.3, -0.25) is 0 Å². The van der Waals surface area contributed by atoms with Gasteiger partial charge in [0.15, 0.2) is 11.5 Å². The molecule has 0 unspecified atom stereocenters. The molecular weight excluding hydrogens is 262 g/mol. The van der Waals surface area contributed by atoms with Crippen molar-refractivity contribution in [2.45, 2.75) is 32.2 Å². The summed E-state index contributed by atoms with van der Waals surface area (Å²) in [5.41, 5.74) is 1.16. The van der Waals surface area contributed by atoms with Crippen molar-refractivity contribution in [2.24, 2.45) is 5.92 Å². The van der Waals surface area contributed by atoms with E-state index in [2.05, 4.69) is 5.32 Å². The van der Waals surface area contributed by atoms with E-state index in [1.165, 1.54) is 19.3 Å². The van der Waals surface area contributed by atoms with E-state index in [9.17, 15) is 0 Å². The average Bonchev–Trinajstić information content (AvgIpc) is 2.58. The summed E-state index contributed by atoms with van der Waals surface area (Å²) < 4.78 is 11.3. The molecule has 3 rings (SSSR count). The third-order valence-corrected chi connectivity index (χ3v) is 4.13. The molecule has 4 heteroatoms. The standard InChI is InChI=1S/C15H20ClNO2/c16-13-7-12(10-17-9-11-3-1-4-11)8-14-15(13)19-6-2-5-18-14/h7-8,11,17H,1-6,9-10H2. The lowest BCUT2D eigenvalue weighted by molar-refractivity contribution is 0.296. The highest BCUT2D eigenvalue weighted by atomic mass is 35.5. The third-order valence-electron chi connectivity index (χ3n) is 3.85. The fourth-order valence-electron chi connectivity index (χ4n) is 2.50. The second kappa shape index (κ2) is 6.02. The molecule has 0 atom stereocenters. The Bertz CT molecular complexity index is 446. The summed E-state index contributed by atoms with van der Waals surface area (Å²) in [6.07, 6.45) is 5.03. The van der Waals surface area contributed by atoms with Crippen molar-refractivity contribution in [3.63, 3.8) is 0 Å². The van der Waals surface area contributed by atoms with Gasteiger partial charge in [-0.25, -0.2) is 0 Å². The minimum Gasteiger partial charge on any atom is -0.489 e. The molecular formula is C15H20ClNO2. The molecule has 1 aliphatic carbocycles. The van der Waals surface area contributed by atoms with Gasteiger partial charge in [0.2, 0.25) is 0 Å². The molecule has 2 aliphatic rings. The summed E-state index contributed by atoms with van der Waals surface area (Å²) in [6, 6.07) is 4.02. The van der Waals surface area contributed by atoms with Crippen molar-refractivity contribution in [1.29, 1.82) is 0 Å². The zero-order chi connectivity index (χ0) is 13.1. The quantitative estimate of drug-likeness (QED) is 0.918. The fraction of sp³-hybridized carbons (Fsp3) is 0.600. The lowest BCUT2D eigenvalue weighted by atomic mass is 9.85. The molecule has 104 valence electrons. The first-order valence-electron chi connectivity index (χ1n) is 7.11. The maximum Gasteiger partial charge on any atom is 0.179 e. The molecule has 1 heterocycles.